The quantitative estimate of drug-likeness (QED) is 0.288. The summed E-state index contributed by atoms with van der Waals surface area (Å²) >= 11 is 8.82. The molecule has 0 saturated carbocycles. The molecule has 0 spiro atoms. The average molecular weight is 533 g/mol. The van der Waals surface area contributed by atoms with Gasteiger partial charge in [0, 0.05) is 15.9 Å². The molecule has 2 aromatic heterocycles. The van der Waals surface area contributed by atoms with Gasteiger partial charge in [0.25, 0.3) is 0 Å². The van der Waals surface area contributed by atoms with Crippen molar-refractivity contribution in [2.75, 3.05) is 0 Å². The number of rotatable bonds is 6. The van der Waals surface area contributed by atoms with Gasteiger partial charge in [-0.3, -0.25) is 9.25 Å². The van der Waals surface area contributed by atoms with E-state index in [2.05, 4.69) is 82.9 Å². The van der Waals surface area contributed by atoms with E-state index in [1.807, 2.05) is 41.9 Å². The molecule has 0 bridgehead atoms. The lowest BCUT2D eigenvalue weighted by molar-refractivity contribution is 0.619. The molecule has 0 aliphatic rings. The maximum atomic E-state index is 4.63. The fourth-order valence-corrected chi connectivity index (χ4v) is 4.71. The number of benzene rings is 2. The molecule has 0 N–H and O–H groups in total. The Labute approximate surface area is 190 Å². The monoisotopic (exact) mass is 531 g/mol. The van der Waals surface area contributed by atoms with E-state index >= 15 is 0 Å². The Hall–Kier alpha value is -1.90. The standard InChI is InChI=1S/C21H19Br2N5S/c1-14-20(23)15(2)27(26-14)12-19-24-25-21(28(19)18-9-4-3-5-10-18)29-13-16-7-6-8-17(22)11-16/h3-11H,12-13H2,1-2H3. The largest absolute Gasteiger partial charge is 0.272 e. The molecule has 0 unspecified atom stereocenters. The molecule has 4 rings (SSSR count). The highest BCUT2D eigenvalue weighted by Gasteiger charge is 2.17. The van der Waals surface area contributed by atoms with E-state index in [-0.39, 0.29) is 0 Å². The molecule has 29 heavy (non-hydrogen) atoms. The summed E-state index contributed by atoms with van der Waals surface area (Å²) in [6.07, 6.45) is 0. The molecule has 2 heterocycles. The third-order valence-electron chi connectivity index (χ3n) is 4.56. The van der Waals surface area contributed by atoms with Gasteiger partial charge in [0.2, 0.25) is 0 Å². The first-order valence-electron chi connectivity index (χ1n) is 9.09. The molecule has 2 aromatic carbocycles. The summed E-state index contributed by atoms with van der Waals surface area (Å²) in [4.78, 5) is 0. The molecular weight excluding hydrogens is 514 g/mol. The lowest BCUT2D eigenvalue weighted by atomic mass is 10.2. The van der Waals surface area contributed by atoms with Crippen LogP contribution in [0, 0.1) is 13.8 Å². The maximum absolute atomic E-state index is 4.63. The third-order valence-corrected chi connectivity index (χ3v) is 7.20. The third kappa shape index (κ3) is 4.49. The molecule has 0 atom stereocenters. The van der Waals surface area contributed by atoms with E-state index in [0.29, 0.717) is 6.54 Å². The van der Waals surface area contributed by atoms with Crippen LogP contribution in [0.5, 0.6) is 0 Å². The van der Waals surface area contributed by atoms with E-state index in [9.17, 15) is 0 Å². The van der Waals surface area contributed by atoms with Crippen LogP contribution in [0.4, 0.5) is 0 Å². The van der Waals surface area contributed by atoms with Crippen LogP contribution in [-0.2, 0) is 12.3 Å². The SMILES string of the molecule is Cc1nn(Cc2nnc(SCc3cccc(Br)c3)n2-c2ccccc2)c(C)c1Br. The molecule has 8 heteroatoms. The van der Waals surface area contributed by atoms with E-state index < -0.39 is 0 Å². The van der Waals surface area contributed by atoms with Gasteiger partial charge in [-0.05, 0) is 59.6 Å². The topological polar surface area (TPSA) is 48.5 Å². The van der Waals surface area contributed by atoms with Gasteiger partial charge >= 0.3 is 0 Å². The minimum Gasteiger partial charge on any atom is -0.272 e. The van der Waals surface area contributed by atoms with E-state index in [4.69, 9.17) is 0 Å². The van der Waals surface area contributed by atoms with Gasteiger partial charge in [0.1, 0.15) is 6.54 Å². The van der Waals surface area contributed by atoms with Crippen molar-refractivity contribution >= 4 is 43.6 Å². The van der Waals surface area contributed by atoms with Crippen molar-refractivity contribution in [3.8, 4) is 5.69 Å². The van der Waals surface area contributed by atoms with Crippen molar-refractivity contribution < 1.29 is 0 Å². The normalized spacial score (nSPS) is 11.2. The number of para-hydroxylation sites is 1. The molecule has 4 aromatic rings. The zero-order valence-corrected chi connectivity index (χ0v) is 20.0. The smallest absolute Gasteiger partial charge is 0.196 e. The highest BCUT2D eigenvalue weighted by molar-refractivity contribution is 9.10. The Bertz CT molecular complexity index is 1140. The van der Waals surface area contributed by atoms with Crippen LogP contribution < -0.4 is 0 Å². The Morgan fingerprint density at radius 2 is 1.76 bits per heavy atom. The minimum absolute atomic E-state index is 0.553. The van der Waals surface area contributed by atoms with Crippen LogP contribution in [0.15, 0.2) is 68.7 Å². The van der Waals surface area contributed by atoms with Gasteiger partial charge in [0.15, 0.2) is 11.0 Å². The van der Waals surface area contributed by atoms with Crippen LogP contribution in [-0.4, -0.2) is 24.5 Å². The van der Waals surface area contributed by atoms with Gasteiger partial charge < -0.3 is 0 Å². The predicted molar refractivity (Wildman–Crippen MR) is 124 cm³/mol. The second-order valence-corrected chi connectivity index (χ2v) is 9.28. The van der Waals surface area contributed by atoms with Gasteiger partial charge in [-0.1, -0.05) is 58.0 Å². The van der Waals surface area contributed by atoms with Crippen LogP contribution >= 0.6 is 43.6 Å². The first-order valence-corrected chi connectivity index (χ1v) is 11.7. The zero-order valence-electron chi connectivity index (χ0n) is 16.0. The molecule has 0 amide bonds. The highest BCUT2D eigenvalue weighted by atomic mass is 79.9. The van der Waals surface area contributed by atoms with Gasteiger partial charge in [-0.15, -0.1) is 10.2 Å². The van der Waals surface area contributed by atoms with Crippen LogP contribution in [0.1, 0.15) is 22.8 Å². The number of aryl methyl sites for hydroxylation is 1. The van der Waals surface area contributed by atoms with Gasteiger partial charge in [-0.25, -0.2) is 0 Å². The van der Waals surface area contributed by atoms with E-state index in [1.54, 1.807) is 11.8 Å². The Balaban J connectivity index is 1.67. The highest BCUT2D eigenvalue weighted by Crippen LogP contribution is 2.27. The summed E-state index contributed by atoms with van der Waals surface area (Å²) in [5, 5.41) is 14.5. The summed E-state index contributed by atoms with van der Waals surface area (Å²) in [5.74, 6) is 1.67. The molecule has 0 aliphatic carbocycles. The molecule has 0 fully saturated rings. The van der Waals surface area contributed by atoms with Crippen LogP contribution in [0.25, 0.3) is 5.69 Å². The second kappa shape index (κ2) is 8.85. The lowest BCUT2D eigenvalue weighted by Gasteiger charge is -2.11. The summed E-state index contributed by atoms with van der Waals surface area (Å²) in [7, 11) is 0. The number of halogens is 2. The summed E-state index contributed by atoms with van der Waals surface area (Å²) in [5.41, 5.74) is 4.33. The number of aromatic nitrogens is 5. The van der Waals surface area contributed by atoms with Crippen molar-refractivity contribution in [1.29, 1.82) is 0 Å². The summed E-state index contributed by atoms with van der Waals surface area (Å²) < 4.78 is 6.20. The first kappa shape index (κ1) is 20.4. The lowest BCUT2D eigenvalue weighted by Crippen LogP contribution is -2.10. The van der Waals surface area contributed by atoms with Gasteiger partial charge in [-0.2, -0.15) is 5.10 Å². The predicted octanol–water partition coefficient (Wildman–Crippen LogP) is 5.95. The number of hydrogen-bond acceptors (Lipinski definition) is 4. The molecule has 0 radical (unpaired) electrons. The molecule has 0 aliphatic heterocycles. The molecule has 0 saturated heterocycles. The van der Waals surface area contributed by atoms with E-state index in [0.717, 1.165) is 42.8 Å². The summed E-state index contributed by atoms with van der Waals surface area (Å²) in [6.45, 7) is 4.60. The van der Waals surface area contributed by atoms with Crippen molar-refractivity contribution in [3.63, 3.8) is 0 Å². The Kier molecular flexibility index (Phi) is 6.22. The Morgan fingerprint density at radius 1 is 0.966 bits per heavy atom. The average Bonchev–Trinajstić information content (AvgIpc) is 3.23. The van der Waals surface area contributed by atoms with Crippen molar-refractivity contribution in [2.24, 2.45) is 0 Å². The van der Waals surface area contributed by atoms with Gasteiger partial charge in [0.05, 0.1) is 15.9 Å². The first-order chi connectivity index (χ1) is 14.0. The van der Waals surface area contributed by atoms with Crippen molar-refractivity contribution in [3.05, 3.63) is 86.3 Å². The zero-order chi connectivity index (χ0) is 20.4. The van der Waals surface area contributed by atoms with Crippen molar-refractivity contribution in [2.45, 2.75) is 31.3 Å². The molecular formula is C21H19Br2N5S. The minimum atomic E-state index is 0.553. The fraction of sp³-hybridized carbons (Fsp3) is 0.190. The molecule has 148 valence electrons. The number of hydrogen-bond donors (Lipinski definition) is 0. The van der Waals surface area contributed by atoms with Crippen LogP contribution in [0.3, 0.4) is 0 Å². The fourth-order valence-electron chi connectivity index (χ4n) is 3.07. The molecule has 5 nitrogen and oxygen atoms in total. The summed E-state index contributed by atoms with van der Waals surface area (Å²) in [6, 6.07) is 18.6. The van der Waals surface area contributed by atoms with Crippen molar-refractivity contribution in [1.82, 2.24) is 24.5 Å². The van der Waals surface area contributed by atoms with Crippen LogP contribution in [0.2, 0.25) is 0 Å². The number of thioether (sulfide) groups is 1. The van der Waals surface area contributed by atoms with E-state index in [1.165, 1.54) is 5.56 Å². The Morgan fingerprint density at radius 3 is 2.45 bits per heavy atom. The maximum Gasteiger partial charge on any atom is 0.196 e. The second-order valence-electron chi connectivity index (χ2n) is 6.63. The number of nitrogens with zero attached hydrogens (tertiary/aromatic N) is 5.